The third-order valence-corrected chi connectivity index (χ3v) is 2.41. The summed E-state index contributed by atoms with van der Waals surface area (Å²) in [6, 6.07) is 0. The van der Waals surface area contributed by atoms with Crippen LogP contribution in [0.4, 0.5) is 0 Å². The molecule has 0 amide bonds. The standard InChI is InChI=1S/C11H18N6/c1-4-15-17-16-9(3)8(2)11-7-13-10(5-12)6-14-11/h6-8H,4-5,12H2,1-3H3/b16-9-,17-15?. The molecule has 17 heavy (non-hydrogen) atoms. The van der Waals surface area contributed by atoms with Gasteiger partial charge in [0, 0.05) is 24.4 Å². The summed E-state index contributed by atoms with van der Waals surface area (Å²) < 4.78 is 0. The zero-order valence-electron chi connectivity index (χ0n) is 10.5. The lowest BCUT2D eigenvalue weighted by molar-refractivity contribution is 0.864. The molecule has 0 fully saturated rings. The predicted octanol–water partition coefficient (Wildman–Crippen LogP) is 1.89. The van der Waals surface area contributed by atoms with Gasteiger partial charge in [0.15, 0.2) is 0 Å². The molecule has 0 bridgehead atoms. The molecule has 0 aliphatic rings. The van der Waals surface area contributed by atoms with Gasteiger partial charge in [-0.25, -0.2) is 0 Å². The lowest BCUT2D eigenvalue weighted by Crippen LogP contribution is -2.09. The van der Waals surface area contributed by atoms with Crippen molar-refractivity contribution >= 4 is 5.71 Å². The van der Waals surface area contributed by atoms with E-state index in [1.807, 2.05) is 20.8 Å². The van der Waals surface area contributed by atoms with Gasteiger partial charge < -0.3 is 5.73 Å². The van der Waals surface area contributed by atoms with Gasteiger partial charge in [0.05, 0.1) is 24.1 Å². The fraction of sp³-hybridized carbons (Fsp3) is 0.545. The Hall–Kier alpha value is -1.69. The fourth-order valence-electron chi connectivity index (χ4n) is 1.16. The molecule has 0 aromatic carbocycles. The molecule has 0 spiro atoms. The van der Waals surface area contributed by atoms with E-state index in [1.54, 1.807) is 12.4 Å². The minimum Gasteiger partial charge on any atom is -0.325 e. The van der Waals surface area contributed by atoms with E-state index in [0.717, 1.165) is 17.1 Å². The highest BCUT2D eigenvalue weighted by Crippen LogP contribution is 2.13. The Labute approximate surface area is 101 Å². The maximum Gasteiger partial charge on any atom is 0.0722 e. The molecule has 0 aliphatic heterocycles. The van der Waals surface area contributed by atoms with Gasteiger partial charge in [0.25, 0.3) is 0 Å². The molecular weight excluding hydrogens is 216 g/mol. The zero-order chi connectivity index (χ0) is 12.7. The van der Waals surface area contributed by atoms with Crippen molar-refractivity contribution in [2.24, 2.45) is 21.2 Å². The van der Waals surface area contributed by atoms with Crippen LogP contribution in [0, 0.1) is 0 Å². The van der Waals surface area contributed by atoms with E-state index in [2.05, 4.69) is 25.4 Å². The van der Waals surface area contributed by atoms with Gasteiger partial charge in [-0.15, -0.1) is 5.10 Å². The Kier molecular flexibility index (Phi) is 5.35. The Morgan fingerprint density at radius 3 is 2.71 bits per heavy atom. The maximum absolute atomic E-state index is 5.46. The highest BCUT2D eigenvalue weighted by Gasteiger charge is 2.11. The Bertz CT molecular complexity index is 395. The van der Waals surface area contributed by atoms with Crippen LogP contribution in [-0.2, 0) is 6.54 Å². The lowest BCUT2D eigenvalue weighted by atomic mass is 10.0. The Morgan fingerprint density at radius 1 is 1.41 bits per heavy atom. The van der Waals surface area contributed by atoms with Gasteiger partial charge in [0.1, 0.15) is 0 Å². The highest BCUT2D eigenvalue weighted by atomic mass is 15.4. The van der Waals surface area contributed by atoms with Crippen molar-refractivity contribution in [1.29, 1.82) is 0 Å². The quantitative estimate of drug-likeness (QED) is 0.479. The number of aromatic nitrogens is 2. The zero-order valence-corrected chi connectivity index (χ0v) is 10.5. The molecule has 92 valence electrons. The number of nitrogens with zero attached hydrogens (tertiary/aromatic N) is 5. The molecule has 1 heterocycles. The van der Waals surface area contributed by atoms with Crippen LogP contribution in [0.5, 0.6) is 0 Å². The van der Waals surface area contributed by atoms with Crippen molar-refractivity contribution < 1.29 is 0 Å². The first-order chi connectivity index (χ1) is 8.19. The van der Waals surface area contributed by atoms with Crippen LogP contribution in [0.25, 0.3) is 0 Å². The largest absolute Gasteiger partial charge is 0.325 e. The summed E-state index contributed by atoms with van der Waals surface area (Å²) in [5.74, 6) is 0.0742. The number of nitrogens with two attached hydrogens (primary N) is 1. The van der Waals surface area contributed by atoms with Crippen LogP contribution in [0.1, 0.15) is 38.1 Å². The molecule has 0 saturated heterocycles. The van der Waals surface area contributed by atoms with Crippen molar-refractivity contribution in [1.82, 2.24) is 9.97 Å². The maximum atomic E-state index is 5.46. The molecule has 6 nitrogen and oxygen atoms in total. The molecule has 2 N–H and O–H groups in total. The summed E-state index contributed by atoms with van der Waals surface area (Å²) >= 11 is 0. The highest BCUT2D eigenvalue weighted by molar-refractivity contribution is 5.87. The van der Waals surface area contributed by atoms with Gasteiger partial charge in [0.2, 0.25) is 0 Å². The summed E-state index contributed by atoms with van der Waals surface area (Å²) in [5, 5.41) is 11.5. The van der Waals surface area contributed by atoms with E-state index >= 15 is 0 Å². The van der Waals surface area contributed by atoms with Crippen molar-refractivity contribution in [3.8, 4) is 0 Å². The molecular formula is C11H18N6. The predicted molar refractivity (Wildman–Crippen MR) is 66.8 cm³/mol. The topological polar surface area (TPSA) is 88.9 Å². The first-order valence-electron chi connectivity index (χ1n) is 5.60. The van der Waals surface area contributed by atoms with Gasteiger partial charge in [-0.3, -0.25) is 9.97 Å². The number of rotatable bonds is 5. The smallest absolute Gasteiger partial charge is 0.0722 e. The van der Waals surface area contributed by atoms with E-state index in [9.17, 15) is 0 Å². The average molecular weight is 234 g/mol. The van der Waals surface area contributed by atoms with Crippen LogP contribution in [0.3, 0.4) is 0 Å². The summed E-state index contributed by atoms with van der Waals surface area (Å²) in [7, 11) is 0. The summed E-state index contributed by atoms with van der Waals surface area (Å²) in [6.07, 6.45) is 3.41. The minimum absolute atomic E-state index is 0.0742. The second-order valence-electron chi connectivity index (χ2n) is 3.65. The average Bonchev–Trinajstić information content (AvgIpc) is 2.38. The van der Waals surface area contributed by atoms with Gasteiger partial charge in [-0.1, -0.05) is 6.92 Å². The van der Waals surface area contributed by atoms with E-state index in [1.165, 1.54) is 0 Å². The number of hydrogen-bond donors (Lipinski definition) is 1. The molecule has 1 aromatic heterocycles. The van der Waals surface area contributed by atoms with Crippen LogP contribution in [-0.4, -0.2) is 22.2 Å². The monoisotopic (exact) mass is 234 g/mol. The van der Waals surface area contributed by atoms with E-state index in [0.29, 0.717) is 13.1 Å². The van der Waals surface area contributed by atoms with Crippen LogP contribution < -0.4 is 5.73 Å². The van der Waals surface area contributed by atoms with Crippen molar-refractivity contribution in [3.63, 3.8) is 0 Å². The van der Waals surface area contributed by atoms with Crippen LogP contribution in [0.2, 0.25) is 0 Å². The van der Waals surface area contributed by atoms with Gasteiger partial charge in [-0.05, 0) is 19.1 Å². The van der Waals surface area contributed by atoms with Crippen molar-refractivity contribution in [2.75, 3.05) is 6.54 Å². The summed E-state index contributed by atoms with van der Waals surface area (Å²) in [4.78, 5) is 8.50. The minimum atomic E-state index is 0.0742. The Balaban J connectivity index is 2.77. The third-order valence-electron chi connectivity index (χ3n) is 2.41. The molecule has 0 aliphatic carbocycles. The molecule has 0 saturated carbocycles. The van der Waals surface area contributed by atoms with Gasteiger partial charge in [-0.2, -0.15) is 5.11 Å². The third kappa shape index (κ3) is 3.99. The number of hydrogen-bond acceptors (Lipinski definition) is 5. The van der Waals surface area contributed by atoms with Gasteiger partial charge >= 0.3 is 0 Å². The molecule has 1 atom stereocenters. The molecule has 1 rings (SSSR count). The Morgan fingerprint density at radius 2 is 2.18 bits per heavy atom. The first kappa shape index (κ1) is 13.4. The fourth-order valence-corrected chi connectivity index (χ4v) is 1.16. The second-order valence-corrected chi connectivity index (χ2v) is 3.65. The molecule has 1 unspecified atom stereocenters. The van der Waals surface area contributed by atoms with Crippen molar-refractivity contribution in [2.45, 2.75) is 33.2 Å². The van der Waals surface area contributed by atoms with E-state index in [-0.39, 0.29) is 5.92 Å². The second kappa shape index (κ2) is 6.80. The molecule has 0 radical (unpaired) electrons. The summed E-state index contributed by atoms with van der Waals surface area (Å²) in [5.41, 5.74) is 7.96. The van der Waals surface area contributed by atoms with E-state index in [4.69, 9.17) is 5.73 Å². The normalized spacial score (nSPS) is 14.2. The van der Waals surface area contributed by atoms with E-state index < -0.39 is 0 Å². The van der Waals surface area contributed by atoms with Crippen LogP contribution >= 0.6 is 0 Å². The molecule has 6 heteroatoms. The van der Waals surface area contributed by atoms with Crippen molar-refractivity contribution in [3.05, 3.63) is 23.8 Å². The van der Waals surface area contributed by atoms with Crippen LogP contribution in [0.15, 0.2) is 27.8 Å². The summed E-state index contributed by atoms with van der Waals surface area (Å²) in [6.45, 7) is 6.86. The first-order valence-corrected chi connectivity index (χ1v) is 5.60. The SMILES string of the molecule is CCN=N/N=C(/C)C(C)c1cnc(CN)cn1. The lowest BCUT2D eigenvalue weighted by Gasteiger charge is -2.08. The molecule has 1 aromatic rings.